The van der Waals surface area contributed by atoms with Crippen LogP contribution in [0.5, 0.6) is 11.6 Å². The maximum absolute atomic E-state index is 12.5. The highest BCUT2D eigenvalue weighted by Gasteiger charge is 2.13. The lowest BCUT2D eigenvalue weighted by molar-refractivity contribution is 0.102. The number of hydrogen-bond acceptors (Lipinski definition) is 6. The average molecular weight is 358 g/mol. The molecule has 2 aromatic heterocycles. The lowest BCUT2D eigenvalue weighted by Gasteiger charge is -2.06. The number of ether oxygens (including phenoxy) is 1. The van der Waals surface area contributed by atoms with Crippen LogP contribution in [-0.4, -0.2) is 21.1 Å². The van der Waals surface area contributed by atoms with Crippen molar-refractivity contribution in [3.05, 3.63) is 84.6 Å². The van der Waals surface area contributed by atoms with E-state index in [4.69, 9.17) is 9.15 Å². The predicted octanol–water partition coefficient (Wildman–Crippen LogP) is 4.18. The van der Waals surface area contributed by atoms with Gasteiger partial charge in [0, 0.05) is 23.4 Å². The Labute approximate surface area is 154 Å². The van der Waals surface area contributed by atoms with Crippen molar-refractivity contribution in [3.63, 3.8) is 0 Å². The van der Waals surface area contributed by atoms with Crippen molar-refractivity contribution in [1.82, 2.24) is 15.2 Å². The van der Waals surface area contributed by atoms with Crippen molar-refractivity contribution in [2.24, 2.45) is 0 Å². The summed E-state index contributed by atoms with van der Waals surface area (Å²) in [5, 5.41) is 10.4. The number of carbonyl (C=O) groups is 1. The van der Waals surface area contributed by atoms with Gasteiger partial charge < -0.3 is 9.15 Å². The molecule has 0 fully saturated rings. The van der Waals surface area contributed by atoms with Crippen molar-refractivity contribution in [2.45, 2.75) is 0 Å². The molecule has 7 heteroatoms. The van der Waals surface area contributed by atoms with Gasteiger partial charge in [-0.25, -0.2) is 4.98 Å². The molecule has 0 aliphatic carbocycles. The van der Waals surface area contributed by atoms with Crippen molar-refractivity contribution in [3.8, 4) is 23.1 Å². The van der Waals surface area contributed by atoms with Gasteiger partial charge in [-0.2, -0.15) is 0 Å². The Hall–Kier alpha value is -4.00. The summed E-state index contributed by atoms with van der Waals surface area (Å²) in [5.41, 5.74) is 1.17. The monoisotopic (exact) mass is 358 g/mol. The molecule has 0 radical (unpaired) electrons. The molecule has 0 aliphatic rings. The molecule has 2 aromatic carbocycles. The molecule has 0 saturated heterocycles. The molecule has 2 heterocycles. The highest BCUT2D eigenvalue weighted by molar-refractivity contribution is 6.03. The number of hydrogen-bond donors (Lipinski definition) is 1. The molecule has 27 heavy (non-hydrogen) atoms. The summed E-state index contributed by atoms with van der Waals surface area (Å²) in [6.45, 7) is 0. The van der Waals surface area contributed by atoms with Crippen LogP contribution in [0.25, 0.3) is 11.5 Å². The second-order valence-electron chi connectivity index (χ2n) is 5.53. The molecule has 1 amide bonds. The number of carbonyl (C=O) groups excluding carboxylic acids is 1. The van der Waals surface area contributed by atoms with Gasteiger partial charge in [0.25, 0.3) is 5.91 Å². The van der Waals surface area contributed by atoms with Crippen molar-refractivity contribution in [2.75, 3.05) is 5.32 Å². The molecule has 4 aromatic rings. The fraction of sp³-hybridized carbons (Fsp3) is 0. The van der Waals surface area contributed by atoms with Crippen LogP contribution in [0.3, 0.4) is 0 Å². The molecule has 7 nitrogen and oxygen atoms in total. The van der Waals surface area contributed by atoms with E-state index < -0.39 is 0 Å². The topological polar surface area (TPSA) is 90.1 Å². The number of benzene rings is 2. The Morgan fingerprint density at radius 1 is 0.926 bits per heavy atom. The fourth-order valence-electron chi connectivity index (χ4n) is 2.37. The highest BCUT2D eigenvalue weighted by atomic mass is 16.5. The van der Waals surface area contributed by atoms with Crippen LogP contribution in [-0.2, 0) is 0 Å². The first kappa shape index (κ1) is 16.5. The predicted molar refractivity (Wildman–Crippen MR) is 98.4 cm³/mol. The molecule has 132 valence electrons. The summed E-state index contributed by atoms with van der Waals surface area (Å²) in [6.07, 6.45) is 1.63. The van der Waals surface area contributed by atoms with E-state index in [-0.39, 0.29) is 11.9 Å². The molecule has 0 unspecified atom stereocenters. The largest absolute Gasteiger partial charge is 0.439 e. The second-order valence-corrected chi connectivity index (χ2v) is 5.53. The van der Waals surface area contributed by atoms with Gasteiger partial charge in [-0.15, -0.1) is 5.10 Å². The zero-order chi connectivity index (χ0) is 18.5. The minimum atomic E-state index is -0.385. The maximum atomic E-state index is 12.5. The van der Waals surface area contributed by atoms with Gasteiger partial charge >= 0.3 is 6.01 Å². The normalized spacial score (nSPS) is 10.4. The number of amides is 1. The number of anilines is 1. The lowest BCUT2D eigenvalue weighted by atomic mass is 10.2. The van der Waals surface area contributed by atoms with Gasteiger partial charge in [0.2, 0.25) is 11.8 Å². The highest BCUT2D eigenvalue weighted by Crippen LogP contribution is 2.22. The van der Waals surface area contributed by atoms with Crippen LogP contribution in [0.15, 0.2) is 83.4 Å². The molecule has 0 spiro atoms. The molecule has 0 aliphatic heterocycles. The van der Waals surface area contributed by atoms with E-state index >= 15 is 0 Å². The Balaban J connectivity index is 1.47. The minimum absolute atomic E-state index is 0.0231. The molecule has 0 atom stereocenters. The maximum Gasteiger partial charge on any atom is 0.322 e. The number of nitrogens with zero attached hydrogens (tertiary/aromatic N) is 3. The zero-order valence-electron chi connectivity index (χ0n) is 14.1. The smallest absolute Gasteiger partial charge is 0.322 e. The van der Waals surface area contributed by atoms with E-state index in [0.717, 1.165) is 5.56 Å². The first-order valence-electron chi connectivity index (χ1n) is 8.17. The van der Waals surface area contributed by atoms with Crippen LogP contribution in [0, 0.1) is 0 Å². The Morgan fingerprint density at radius 3 is 2.59 bits per heavy atom. The SMILES string of the molecule is O=C(Nc1nnc(-c2ccccc2)o1)c1cccc(Oc2ccccn2)c1. The van der Waals surface area contributed by atoms with Crippen LogP contribution in [0.4, 0.5) is 6.01 Å². The summed E-state index contributed by atoms with van der Waals surface area (Å²) < 4.78 is 11.1. The van der Waals surface area contributed by atoms with Crippen LogP contribution in [0.2, 0.25) is 0 Å². The molecular formula is C20H14N4O3. The lowest BCUT2D eigenvalue weighted by Crippen LogP contribution is -2.12. The first-order chi connectivity index (χ1) is 13.3. The third-order valence-corrected chi connectivity index (χ3v) is 3.62. The Bertz CT molecular complexity index is 1050. The van der Waals surface area contributed by atoms with E-state index in [0.29, 0.717) is 23.1 Å². The summed E-state index contributed by atoms with van der Waals surface area (Å²) >= 11 is 0. The third-order valence-electron chi connectivity index (χ3n) is 3.62. The number of aromatic nitrogens is 3. The molecule has 1 N–H and O–H groups in total. The number of rotatable bonds is 5. The zero-order valence-corrected chi connectivity index (χ0v) is 14.1. The standard InChI is InChI=1S/C20H14N4O3/c25-18(22-20-24-23-19(27-20)14-7-2-1-3-8-14)15-9-6-10-16(13-15)26-17-11-4-5-12-21-17/h1-13H,(H,22,24,25). The van der Waals surface area contributed by atoms with Crippen LogP contribution in [0.1, 0.15) is 10.4 Å². The van der Waals surface area contributed by atoms with E-state index in [1.54, 1.807) is 42.6 Å². The van der Waals surface area contributed by atoms with E-state index in [1.807, 2.05) is 36.4 Å². The summed E-state index contributed by atoms with van der Waals surface area (Å²) in [5.74, 6) is 0.888. The minimum Gasteiger partial charge on any atom is -0.439 e. The van der Waals surface area contributed by atoms with Crippen LogP contribution >= 0.6 is 0 Å². The van der Waals surface area contributed by atoms with Crippen molar-refractivity contribution < 1.29 is 13.9 Å². The molecular weight excluding hydrogens is 344 g/mol. The summed E-state index contributed by atoms with van der Waals surface area (Å²) in [7, 11) is 0. The second kappa shape index (κ2) is 7.49. The molecule has 4 rings (SSSR count). The van der Waals surface area contributed by atoms with Gasteiger partial charge in [0.1, 0.15) is 5.75 Å². The molecule has 0 bridgehead atoms. The van der Waals surface area contributed by atoms with Crippen molar-refractivity contribution >= 4 is 11.9 Å². The van der Waals surface area contributed by atoms with E-state index in [2.05, 4.69) is 20.5 Å². The quantitative estimate of drug-likeness (QED) is 0.576. The summed E-state index contributed by atoms with van der Waals surface area (Å²) in [4.78, 5) is 16.5. The van der Waals surface area contributed by atoms with E-state index in [9.17, 15) is 4.79 Å². The van der Waals surface area contributed by atoms with Crippen molar-refractivity contribution in [1.29, 1.82) is 0 Å². The van der Waals surface area contributed by atoms with Gasteiger partial charge in [-0.3, -0.25) is 10.1 Å². The number of nitrogens with one attached hydrogen (secondary N) is 1. The number of pyridine rings is 1. The van der Waals surface area contributed by atoms with Gasteiger partial charge in [0.05, 0.1) is 0 Å². The van der Waals surface area contributed by atoms with E-state index in [1.165, 1.54) is 0 Å². The van der Waals surface area contributed by atoms with Gasteiger partial charge in [-0.05, 0) is 36.4 Å². The van der Waals surface area contributed by atoms with Gasteiger partial charge in [-0.1, -0.05) is 35.4 Å². The Kier molecular flexibility index (Phi) is 4.57. The average Bonchev–Trinajstić information content (AvgIpc) is 3.18. The Morgan fingerprint density at radius 2 is 1.78 bits per heavy atom. The third kappa shape index (κ3) is 3.98. The molecule has 0 saturated carbocycles. The van der Waals surface area contributed by atoms with Gasteiger partial charge in [0.15, 0.2) is 0 Å². The van der Waals surface area contributed by atoms with Crippen LogP contribution < -0.4 is 10.1 Å². The first-order valence-corrected chi connectivity index (χ1v) is 8.17. The summed E-state index contributed by atoms with van der Waals surface area (Å²) in [6, 6.07) is 21.4. The fourth-order valence-corrected chi connectivity index (χ4v) is 2.37.